The van der Waals surface area contributed by atoms with Crippen LogP contribution in [0, 0.1) is 0 Å². The van der Waals surface area contributed by atoms with E-state index in [0.29, 0.717) is 0 Å². The Kier molecular flexibility index (Phi) is 3.82. The van der Waals surface area contributed by atoms with E-state index in [1.807, 2.05) is 19.3 Å². The van der Waals surface area contributed by atoms with E-state index in [-0.39, 0.29) is 0 Å². The average molecular weight is 231 g/mol. The molecule has 0 radical (unpaired) electrons. The fourth-order valence-electron chi connectivity index (χ4n) is 1.73. The maximum absolute atomic E-state index is 4.39. The summed E-state index contributed by atoms with van der Waals surface area (Å²) in [5.41, 5.74) is 3.48. The number of nitrogens with one attached hydrogen (secondary N) is 1. The first kappa shape index (κ1) is 11.7. The first-order valence-electron chi connectivity index (χ1n) is 5.78. The van der Waals surface area contributed by atoms with E-state index < -0.39 is 0 Å². The van der Waals surface area contributed by atoms with Gasteiger partial charge in [0.15, 0.2) is 0 Å². The Hall–Kier alpha value is -1.75. The highest BCUT2D eigenvalue weighted by Crippen LogP contribution is 2.05. The summed E-state index contributed by atoms with van der Waals surface area (Å²) in [6, 6.07) is 4.10. The molecule has 0 bridgehead atoms. The fraction of sp³-hybridized carbons (Fsp3) is 0.417. The Morgan fingerprint density at radius 2 is 2.24 bits per heavy atom. The van der Waals surface area contributed by atoms with Crippen molar-refractivity contribution < 1.29 is 0 Å². The number of hydrogen-bond acceptors (Lipinski definition) is 4. The fourth-order valence-corrected chi connectivity index (χ4v) is 1.73. The Morgan fingerprint density at radius 3 is 2.94 bits per heavy atom. The van der Waals surface area contributed by atoms with Crippen LogP contribution < -0.4 is 5.32 Å². The number of aromatic nitrogens is 4. The van der Waals surface area contributed by atoms with Gasteiger partial charge in [0.05, 0.1) is 17.6 Å². The standard InChI is InChI=1S/C12H17N5/c1-3-10-5-4-6-14-12(10)9-13-7-11-8-15-16-17(11)2/h4-6,8,13H,3,7,9H2,1-2H3. The summed E-state index contributed by atoms with van der Waals surface area (Å²) in [4.78, 5) is 4.39. The zero-order valence-electron chi connectivity index (χ0n) is 10.2. The molecular formula is C12H17N5. The molecule has 0 aliphatic heterocycles. The van der Waals surface area contributed by atoms with Crippen molar-refractivity contribution in [2.45, 2.75) is 26.4 Å². The second-order valence-electron chi connectivity index (χ2n) is 3.92. The molecule has 0 spiro atoms. The van der Waals surface area contributed by atoms with E-state index in [9.17, 15) is 0 Å². The van der Waals surface area contributed by atoms with Gasteiger partial charge in [-0.2, -0.15) is 0 Å². The predicted molar refractivity (Wildman–Crippen MR) is 65.2 cm³/mol. The zero-order valence-corrected chi connectivity index (χ0v) is 10.2. The number of rotatable bonds is 5. The summed E-state index contributed by atoms with van der Waals surface area (Å²) in [6.45, 7) is 3.67. The minimum Gasteiger partial charge on any atom is -0.305 e. The molecule has 0 saturated carbocycles. The van der Waals surface area contributed by atoms with Crippen LogP contribution in [-0.2, 0) is 26.6 Å². The molecule has 0 aliphatic carbocycles. The lowest BCUT2D eigenvalue weighted by molar-refractivity contribution is 0.609. The van der Waals surface area contributed by atoms with E-state index in [4.69, 9.17) is 0 Å². The quantitative estimate of drug-likeness (QED) is 0.836. The smallest absolute Gasteiger partial charge is 0.0738 e. The SMILES string of the molecule is CCc1cccnc1CNCc1cnnn1C. The van der Waals surface area contributed by atoms with E-state index >= 15 is 0 Å². The van der Waals surface area contributed by atoms with Crippen molar-refractivity contribution in [1.29, 1.82) is 0 Å². The summed E-state index contributed by atoms with van der Waals surface area (Å²) in [6.07, 6.45) is 4.62. The van der Waals surface area contributed by atoms with Gasteiger partial charge >= 0.3 is 0 Å². The van der Waals surface area contributed by atoms with Gasteiger partial charge in [0, 0.05) is 26.3 Å². The number of hydrogen-bond donors (Lipinski definition) is 1. The number of aryl methyl sites for hydroxylation is 2. The van der Waals surface area contributed by atoms with Gasteiger partial charge in [-0.3, -0.25) is 9.67 Å². The topological polar surface area (TPSA) is 55.6 Å². The van der Waals surface area contributed by atoms with Crippen molar-refractivity contribution in [3.8, 4) is 0 Å². The maximum atomic E-state index is 4.39. The monoisotopic (exact) mass is 231 g/mol. The van der Waals surface area contributed by atoms with E-state index in [2.05, 4.69) is 33.6 Å². The van der Waals surface area contributed by atoms with Crippen LogP contribution in [0.5, 0.6) is 0 Å². The lowest BCUT2D eigenvalue weighted by Crippen LogP contribution is -2.17. The van der Waals surface area contributed by atoms with Crippen molar-refractivity contribution in [3.05, 3.63) is 41.5 Å². The molecule has 5 heteroatoms. The van der Waals surface area contributed by atoms with Gasteiger partial charge < -0.3 is 5.32 Å². The normalized spacial score (nSPS) is 10.7. The van der Waals surface area contributed by atoms with Crippen LogP contribution in [0.4, 0.5) is 0 Å². The van der Waals surface area contributed by atoms with Crippen LogP contribution in [0.25, 0.3) is 0 Å². The first-order chi connectivity index (χ1) is 8.31. The molecule has 2 aromatic rings. The third kappa shape index (κ3) is 2.88. The molecule has 2 rings (SSSR count). The van der Waals surface area contributed by atoms with Gasteiger partial charge in [-0.25, -0.2) is 0 Å². The summed E-state index contributed by atoms with van der Waals surface area (Å²) in [5, 5.41) is 11.1. The van der Waals surface area contributed by atoms with Crippen molar-refractivity contribution in [2.75, 3.05) is 0 Å². The van der Waals surface area contributed by atoms with Gasteiger partial charge in [-0.05, 0) is 18.1 Å². The van der Waals surface area contributed by atoms with Gasteiger partial charge in [0.1, 0.15) is 0 Å². The second kappa shape index (κ2) is 5.54. The molecular weight excluding hydrogens is 214 g/mol. The molecule has 2 heterocycles. The van der Waals surface area contributed by atoms with Gasteiger partial charge in [-0.1, -0.05) is 18.2 Å². The van der Waals surface area contributed by atoms with E-state index in [0.717, 1.165) is 30.9 Å². The Balaban J connectivity index is 1.92. The molecule has 90 valence electrons. The Bertz CT molecular complexity index is 477. The van der Waals surface area contributed by atoms with Crippen LogP contribution in [0.15, 0.2) is 24.5 Å². The molecule has 1 N–H and O–H groups in total. The molecule has 0 amide bonds. The van der Waals surface area contributed by atoms with Crippen molar-refractivity contribution in [1.82, 2.24) is 25.3 Å². The summed E-state index contributed by atoms with van der Waals surface area (Å²) in [5.74, 6) is 0. The van der Waals surface area contributed by atoms with Gasteiger partial charge in [0.2, 0.25) is 0 Å². The third-order valence-corrected chi connectivity index (χ3v) is 2.77. The van der Waals surface area contributed by atoms with Crippen LogP contribution in [0.1, 0.15) is 23.9 Å². The van der Waals surface area contributed by atoms with Crippen LogP contribution in [-0.4, -0.2) is 20.0 Å². The van der Waals surface area contributed by atoms with Crippen molar-refractivity contribution in [3.63, 3.8) is 0 Å². The van der Waals surface area contributed by atoms with Crippen molar-refractivity contribution >= 4 is 0 Å². The summed E-state index contributed by atoms with van der Waals surface area (Å²) < 4.78 is 1.77. The molecule has 5 nitrogen and oxygen atoms in total. The lowest BCUT2D eigenvalue weighted by Gasteiger charge is -2.07. The van der Waals surface area contributed by atoms with Gasteiger partial charge in [-0.15, -0.1) is 5.10 Å². The van der Waals surface area contributed by atoms with Crippen LogP contribution in [0.3, 0.4) is 0 Å². The molecule has 0 fully saturated rings. The predicted octanol–water partition coefficient (Wildman–Crippen LogP) is 1.06. The minimum atomic E-state index is 0.753. The summed E-state index contributed by atoms with van der Waals surface area (Å²) in [7, 11) is 1.89. The highest BCUT2D eigenvalue weighted by molar-refractivity contribution is 5.19. The maximum Gasteiger partial charge on any atom is 0.0738 e. The highest BCUT2D eigenvalue weighted by atomic mass is 15.4. The minimum absolute atomic E-state index is 0.753. The molecule has 2 aromatic heterocycles. The van der Waals surface area contributed by atoms with Gasteiger partial charge in [0.25, 0.3) is 0 Å². The van der Waals surface area contributed by atoms with E-state index in [1.165, 1.54) is 5.56 Å². The molecule has 0 saturated heterocycles. The molecule has 0 aromatic carbocycles. The summed E-state index contributed by atoms with van der Waals surface area (Å²) >= 11 is 0. The molecule has 0 atom stereocenters. The van der Waals surface area contributed by atoms with Crippen molar-refractivity contribution in [2.24, 2.45) is 7.05 Å². The molecule has 17 heavy (non-hydrogen) atoms. The lowest BCUT2D eigenvalue weighted by atomic mass is 10.1. The first-order valence-corrected chi connectivity index (χ1v) is 5.78. The van der Waals surface area contributed by atoms with Crippen LogP contribution >= 0.6 is 0 Å². The largest absolute Gasteiger partial charge is 0.305 e. The second-order valence-corrected chi connectivity index (χ2v) is 3.92. The Labute approximate surface area is 101 Å². The average Bonchev–Trinajstić information content (AvgIpc) is 2.76. The molecule has 0 unspecified atom stereocenters. The zero-order chi connectivity index (χ0) is 12.1. The highest BCUT2D eigenvalue weighted by Gasteiger charge is 2.02. The number of nitrogens with zero attached hydrogens (tertiary/aromatic N) is 4. The van der Waals surface area contributed by atoms with E-state index in [1.54, 1.807) is 10.9 Å². The number of pyridine rings is 1. The molecule has 0 aliphatic rings. The van der Waals surface area contributed by atoms with Crippen LogP contribution in [0.2, 0.25) is 0 Å². The third-order valence-electron chi connectivity index (χ3n) is 2.77. The Morgan fingerprint density at radius 1 is 1.35 bits per heavy atom.